The third-order valence-corrected chi connectivity index (χ3v) is 3.03. The maximum Gasteiger partial charge on any atom is 0.224 e. The molecule has 0 amide bonds. The smallest absolute Gasteiger partial charge is 0.224 e. The lowest BCUT2D eigenvalue weighted by Crippen LogP contribution is -2.01. The van der Waals surface area contributed by atoms with Crippen LogP contribution >= 0.6 is 11.6 Å². The Bertz CT molecular complexity index is 589. The number of anilines is 3. The average Bonchev–Trinajstić information content (AvgIpc) is 2.43. The molecule has 0 saturated carbocycles. The van der Waals surface area contributed by atoms with E-state index in [1.54, 1.807) is 32.5 Å². The first-order valence-corrected chi connectivity index (χ1v) is 6.14. The van der Waals surface area contributed by atoms with E-state index in [4.69, 9.17) is 16.3 Å². The summed E-state index contributed by atoms with van der Waals surface area (Å²) >= 11 is 6.07. The van der Waals surface area contributed by atoms with Crippen molar-refractivity contribution < 1.29 is 4.74 Å². The monoisotopic (exact) mass is 278 g/mol. The van der Waals surface area contributed by atoms with Gasteiger partial charge >= 0.3 is 0 Å². The standard InChI is InChI=1S/C13H15ClN4O/c1-8-6-10(11(19-3)7-9(8)14)17-12-4-5-16-13(15-2)18-12/h4-7H,1-3H3,(H2,15,16,17,18). The summed E-state index contributed by atoms with van der Waals surface area (Å²) < 4.78 is 5.30. The fraction of sp³-hybridized carbons (Fsp3) is 0.231. The van der Waals surface area contributed by atoms with Gasteiger partial charge in [0, 0.05) is 24.3 Å². The minimum Gasteiger partial charge on any atom is -0.495 e. The van der Waals surface area contributed by atoms with Gasteiger partial charge in [-0.05, 0) is 24.6 Å². The van der Waals surface area contributed by atoms with Gasteiger partial charge in [-0.3, -0.25) is 0 Å². The fourth-order valence-corrected chi connectivity index (χ4v) is 1.77. The largest absolute Gasteiger partial charge is 0.495 e. The van der Waals surface area contributed by atoms with Gasteiger partial charge in [0.2, 0.25) is 5.95 Å². The van der Waals surface area contributed by atoms with Crippen LogP contribution in [0, 0.1) is 6.92 Å². The number of aromatic nitrogens is 2. The molecule has 0 unspecified atom stereocenters. The molecule has 6 heteroatoms. The van der Waals surface area contributed by atoms with Gasteiger partial charge in [0.15, 0.2) is 0 Å². The maximum atomic E-state index is 6.07. The summed E-state index contributed by atoms with van der Waals surface area (Å²) in [5, 5.41) is 6.75. The first-order chi connectivity index (χ1) is 9.13. The zero-order valence-corrected chi connectivity index (χ0v) is 11.7. The molecular weight excluding hydrogens is 264 g/mol. The van der Waals surface area contributed by atoms with Crippen LogP contribution in [0.4, 0.5) is 17.5 Å². The Morgan fingerprint density at radius 1 is 1.32 bits per heavy atom. The zero-order chi connectivity index (χ0) is 13.8. The number of benzene rings is 1. The van der Waals surface area contributed by atoms with Crippen LogP contribution in [0.25, 0.3) is 0 Å². The summed E-state index contributed by atoms with van der Waals surface area (Å²) in [6, 6.07) is 5.48. The molecule has 0 aliphatic heterocycles. The van der Waals surface area contributed by atoms with Crippen molar-refractivity contribution in [3.05, 3.63) is 35.0 Å². The van der Waals surface area contributed by atoms with Gasteiger partial charge in [-0.15, -0.1) is 0 Å². The summed E-state index contributed by atoms with van der Waals surface area (Å²) in [5.41, 5.74) is 1.78. The molecule has 0 saturated heterocycles. The van der Waals surface area contributed by atoms with Gasteiger partial charge in [0.05, 0.1) is 12.8 Å². The van der Waals surface area contributed by atoms with Crippen molar-refractivity contribution in [2.24, 2.45) is 0 Å². The molecule has 2 N–H and O–H groups in total. The molecule has 0 spiro atoms. The van der Waals surface area contributed by atoms with Crippen molar-refractivity contribution in [1.29, 1.82) is 0 Å². The van der Waals surface area contributed by atoms with E-state index in [1.807, 2.05) is 13.0 Å². The number of halogens is 1. The zero-order valence-electron chi connectivity index (χ0n) is 11.0. The Labute approximate surface area is 117 Å². The molecule has 5 nitrogen and oxygen atoms in total. The summed E-state index contributed by atoms with van der Waals surface area (Å²) in [6.45, 7) is 1.94. The molecule has 1 heterocycles. The van der Waals surface area contributed by atoms with Crippen LogP contribution in [-0.4, -0.2) is 24.1 Å². The van der Waals surface area contributed by atoms with Gasteiger partial charge < -0.3 is 15.4 Å². The van der Waals surface area contributed by atoms with Crippen LogP contribution in [0.15, 0.2) is 24.4 Å². The van der Waals surface area contributed by atoms with Crippen molar-refractivity contribution in [3.63, 3.8) is 0 Å². The number of rotatable bonds is 4. The Balaban J connectivity index is 2.34. The highest BCUT2D eigenvalue weighted by molar-refractivity contribution is 6.31. The third kappa shape index (κ3) is 3.06. The van der Waals surface area contributed by atoms with Crippen LogP contribution < -0.4 is 15.4 Å². The van der Waals surface area contributed by atoms with Crippen LogP contribution in [-0.2, 0) is 0 Å². The van der Waals surface area contributed by atoms with Crippen molar-refractivity contribution >= 4 is 29.1 Å². The molecule has 2 aromatic rings. The molecule has 1 aromatic carbocycles. The maximum absolute atomic E-state index is 6.07. The number of methoxy groups -OCH3 is 1. The molecule has 0 atom stereocenters. The van der Waals surface area contributed by atoms with Gasteiger partial charge in [-0.25, -0.2) is 4.98 Å². The van der Waals surface area contributed by atoms with Crippen LogP contribution in [0.3, 0.4) is 0 Å². The topological polar surface area (TPSA) is 59.1 Å². The number of ether oxygens (including phenoxy) is 1. The summed E-state index contributed by atoms with van der Waals surface area (Å²) in [6.07, 6.45) is 1.68. The molecule has 0 fully saturated rings. The van der Waals surface area contributed by atoms with E-state index in [0.717, 1.165) is 11.3 Å². The SMILES string of the molecule is CNc1nccc(Nc2cc(C)c(Cl)cc2OC)n1. The highest BCUT2D eigenvalue weighted by atomic mass is 35.5. The molecular formula is C13H15ClN4O. The van der Waals surface area contributed by atoms with Gasteiger partial charge in [-0.2, -0.15) is 4.98 Å². The van der Waals surface area contributed by atoms with Gasteiger partial charge in [0.25, 0.3) is 0 Å². The molecule has 19 heavy (non-hydrogen) atoms. The number of hydrogen-bond donors (Lipinski definition) is 2. The van der Waals surface area contributed by atoms with Crippen molar-refractivity contribution in [1.82, 2.24) is 9.97 Å². The third-order valence-electron chi connectivity index (χ3n) is 2.62. The Hall–Kier alpha value is -2.01. The second-order valence-electron chi connectivity index (χ2n) is 3.94. The lowest BCUT2D eigenvalue weighted by molar-refractivity contribution is 0.416. The van der Waals surface area contributed by atoms with Crippen LogP contribution in [0.2, 0.25) is 5.02 Å². The normalized spacial score (nSPS) is 10.1. The second kappa shape index (κ2) is 5.75. The van der Waals surface area contributed by atoms with E-state index in [2.05, 4.69) is 20.6 Å². The summed E-state index contributed by atoms with van der Waals surface area (Å²) in [4.78, 5) is 8.35. The van der Waals surface area contributed by atoms with E-state index in [-0.39, 0.29) is 0 Å². The predicted octanol–water partition coefficient (Wildman–Crippen LogP) is 3.23. The molecule has 2 rings (SSSR count). The average molecular weight is 279 g/mol. The summed E-state index contributed by atoms with van der Waals surface area (Å²) in [7, 11) is 3.37. The Morgan fingerprint density at radius 3 is 2.79 bits per heavy atom. The number of nitrogens with one attached hydrogen (secondary N) is 2. The molecule has 1 aromatic heterocycles. The van der Waals surface area contributed by atoms with Crippen molar-refractivity contribution in [2.75, 3.05) is 24.8 Å². The fourth-order valence-electron chi connectivity index (χ4n) is 1.62. The number of aryl methyl sites for hydroxylation is 1. The van der Waals surface area contributed by atoms with E-state index in [0.29, 0.717) is 22.5 Å². The molecule has 100 valence electrons. The molecule has 0 bridgehead atoms. The second-order valence-corrected chi connectivity index (χ2v) is 4.35. The predicted molar refractivity (Wildman–Crippen MR) is 77.6 cm³/mol. The minimum absolute atomic E-state index is 0.551. The van der Waals surface area contributed by atoms with Crippen LogP contribution in [0.5, 0.6) is 5.75 Å². The first-order valence-electron chi connectivity index (χ1n) is 5.76. The Morgan fingerprint density at radius 2 is 2.11 bits per heavy atom. The quantitative estimate of drug-likeness (QED) is 0.899. The number of hydrogen-bond acceptors (Lipinski definition) is 5. The van der Waals surface area contributed by atoms with E-state index in [9.17, 15) is 0 Å². The van der Waals surface area contributed by atoms with E-state index in [1.165, 1.54) is 0 Å². The van der Waals surface area contributed by atoms with Gasteiger partial charge in [0.1, 0.15) is 11.6 Å². The highest BCUT2D eigenvalue weighted by Gasteiger charge is 2.08. The minimum atomic E-state index is 0.551. The number of nitrogens with zero attached hydrogens (tertiary/aromatic N) is 2. The lowest BCUT2D eigenvalue weighted by atomic mass is 10.2. The Kier molecular flexibility index (Phi) is 4.06. The van der Waals surface area contributed by atoms with Gasteiger partial charge in [-0.1, -0.05) is 11.6 Å². The molecule has 0 radical (unpaired) electrons. The molecule has 0 aliphatic carbocycles. The molecule has 0 aliphatic rings. The van der Waals surface area contributed by atoms with E-state index >= 15 is 0 Å². The summed E-state index contributed by atoms with van der Waals surface area (Å²) in [5.74, 6) is 1.90. The van der Waals surface area contributed by atoms with Crippen LogP contribution in [0.1, 0.15) is 5.56 Å². The highest BCUT2D eigenvalue weighted by Crippen LogP contribution is 2.32. The van der Waals surface area contributed by atoms with E-state index < -0.39 is 0 Å². The lowest BCUT2D eigenvalue weighted by Gasteiger charge is -2.13. The first kappa shape index (κ1) is 13.4. The van der Waals surface area contributed by atoms with Crippen molar-refractivity contribution in [2.45, 2.75) is 6.92 Å². The van der Waals surface area contributed by atoms with Crippen molar-refractivity contribution in [3.8, 4) is 5.75 Å².